The molecule has 2 fully saturated rings. The molecule has 0 amide bonds. The molecule has 11 nitrogen and oxygen atoms in total. The number of ether oxygens (including phenoxy) is 1. The topological polar surface area (TPSA) is 137 Å². The van der Waals surface area contributed by atoms with Crippen molar-refractivity contribution in [1.29, 1.82) is 0 Å². The lowest BCUT2D eigenvalue weighted by atomic mass is 10.0. The first kappa shape index (κ1) is 27.2. The Kier molecular flexibility index (Phi) is 6.70. The largest absolute Gasteiger partial charge is 0.477 e. The average molecular weight is 590 g/mol. The van der Waals surface area contributed by atoms with Crippen LogP contribution in [-0.2, 0) is 11.3 Å². The van der Waals surface area contributed by atoms with E-state index in [2.05, 4.69) is 25.6 Å². The van der Waals surface area contributed by atoms with E-state index < -0.39 is 23.0 Å². The molecule has 1 unspecified atom stereocenters. The number of rotatable bonds is 6. The molecule has 0 bridgehead atoms. The number of hydrogen-bond acceptors (Lipinski definition) is 8. The Morgan fingerprint density at radius 1 is 1.19 bits per heavy atom. The van der Waals surface area contributed by atoms with Gasteiger partial charge >= 0.3 is 5.97 Å². The number of anilines is 2. The number of carboxylic acid groups (broad SMARTS) is 1. The fourth-order valence-corrected chi connectivity index (χ4v) is 6.33. The molecule has 0 saturated carbocycles. The number of carboxylic acids is 1. The van der Waals surface area contributed by atoms with Crippen LogP contribution in [0.3, 0.4) is 0 Å². The molecule has 222 valence electrons. The van der Waals surface area contributed by atoms with Gasteiger partial charge in [0.1, 0.15) is 16.9 Å². The third kappa shape index (κ3) is 4.46. The van der Waals surface area contributed by atoms with Crippen molar-refractivity contribution in [3.05, 3.63) is 58.1 Å². The minimum atomic E-state index is -1.32. The van der Waals surface area contributed by atoms with Crippen LogP contribution in [0.25, 0.3) is 44.1 Å². The van der Waals surface area contributed by atoms with Crippen LogP contribution in [0.4, 0.5) is 20.2 Å². The summed E-state index contributed by atoms with van der Waals surface area (Å²) in [5.41, 5.74) is 2.14. The van der Waals surface area contributed by atoms with E-state index in [1.165, 1.54) is 6.20 Å². The van der Waals surface area contributed by atoms with Crippen LogP contribution in [0, 0.1) is 11.6 Å². The molecule has 4 N–H and O–H groups in total. The summed E-state index contributed by atoms with van der Waals surface area (Å²) in [6.07, 6.45) is 6.52. The van der Waals surface area contributed by atoms with Crippen molar-refractivity contribution in [2.45, 2.75) is 25.4 Å². The van der Waals surface area contributed by atoms with Crippen molar-refractivity contribution >= 4 is 50.3 Å². The van der Waals surface area contributed by atoms with Crippen LogP contribution in [0.2, 0.25) is 0 Å². The number of hydrogen-bond donors (Lipinski definition) is 4. The summed E-state index contributed by atoms with van der Waals surface area (Å²) < 4.78 is 37.7. The van der Waals surface area contributed by atoms with Gasteiger partial charge in [0.2, 0.25) is 5.43 Å². The van der Waals surface area contributed by atoms with Crippen LogP contribution < -0.4 is 21.0 Å². The SMILES string of the molecule is CNc1cc(F)c(F)c2c1[nH]c1ncc(-c3cnc4c(c3)c(=O)c(C(=O)O)cn4CC3CCCN3)c(N3CCOCC3)c12. The Morgan fingerprint density at radius 2 is 2.00 bits per heavy atom. The van der Waals surface area contributed by atoms with Gasteiger partial charge in [0.15, 0.2) is 11.6 Å². The number of benzene rings is 1. The minimum Gasteiger partial charge on any atom is -0.477 e. The highest BCUT2D eigenvalue weighted by Crippen LogP contribution is 2.43. The normalized spacial score (nSPS) is 17.4. The molecule has 43 heavy (non-hydrogen) atoms. The van der Waals surface area contributed by atoms with Crippen molar-refractivity contribution < 1.29 is 23.4 Å². The summed E-state index contributed by atoms with van der Waals surface area (Å²) in [4.78, 5) is 39.9. The van der Waals surface area contributed by atoms with Crippen LogP contribution in [-0.4, -0.2) is 76.5 Å². The highest BCUT2D eigenvalue weighted by atomic mass is 19.2. The Labute approximate surface area is 243 Å². The van der Waals surface area contributed by atoms with Gasteiger partial charge < -0.3 is 34.9 Å². The highest BCUT2D eigenvalue weighted by molar-refractivity contribution is 6.18. The zero-order valence-corrected chi connectivity index (χ0v) is 23.3. The van der Waals surface area contributed by atoms with Crippen molar-refractivity contribution in [1.82, 2.24) is 24.8 Å². The van der Waals surface area contributed by atoms with Gasteiger partial charge in [-0.25, -0.2) is 23.5 Å². The van der Waals surface area contributed by atoms with E-state index in [9.17, 15) is 19.1 Å². The molecule has 5 aromatic rings. The molecule has 7 rings (SSSR count). The van der Waals surface area contributed by atoms with Gasteiger partial charge in [-0.3, -0.25) is 4.79 Å². The van der Waals surface area contributed by atoms with Crippen molar-refractivity contribution in [2.75, 3.05) is 50.1 Å². The molecule has 2 aliphatic rings. The van der Waals surface area contributed by atoms with Gasteiger partial charge in [-0.2, -0.15) is 0 Å². The van der Waals surface area contributed by atoms with Crippen LogP contribution in [0.5, 0.6) is 0 Å². The third-order valence-electron chi connectivity index (χ3n) is 8.39. The fraction of sp³-hybridized carbons (Fsp3) is 0.333. The fourth-order valence-electron chi connectivity index (χ4n) is 6.33. The molecule has 0 radical (unpaired) electrons. The van der Waals surface area contributed by atoms with Crippen LogP contribution in [0.1, 0.15) is 23.2 Å². The number of nitrogens with zero attached hydrogens (tertiary/aromatic N) is 4. The molecular weight excluding hydrogens is 560 g/mol. The number of nitrogens with one attached hydrogen (secondary N) is 3. The molecular formula is C30H29F2N7O4. The Morgan fingerprint density at radius 3 is 2.72 bits per heavy atom. The lowest BCUT2D eigenvalue weighted by molar-refractivity contribution is 0.0694. The monoisotopic (exact) mass is 589 g/mol. The number of pyridine rings is 3. The van der Waals surface area contributed by atoms with Gasteiger partial charge in [0.25, 0.3) is 0 Å². The first-order chi connectivity index (χ1) is 20.9. The molecule has 1 aromatic carbocycles. The molecule has 0 aliphatic carbocycles. The van der Waals surface area contributed by atoms with Crippen LogP contribution >= 0.6 is 0 Å². The van der Waals surface area contributed by atoms with Crippen molar-refractivity contribution in [3.63, 3.8) is 0 Å². The second-order valence-corrected chi connectivity index (χ2v) is 10.9. The van der Waals surface area contributed by atoms with Gasteiger partial charge in [-0.05, 0) is 25.5 Å². The number of fused-ring (bicyclic) bond motifs is 4. The first-order valence-electron chi connectivity index (χ1n) is 14.2. The van der Waals surface area contributed by atoms with E-state index in [4.69, 9.17) is 4.74 Å². The van der Waals surface area contributed by atoms with Gasteiger partial charge in [0.05, 0.1) is 46.3 Å². The molecule has 0 spiro atoms. The molecule has 13 heteroatoms. The van der Waals surface area contributed by atoms with Gasteiger partial charge in [-0.1, -0.05) is 0 Å². The van der Waals surface area contributed by atoms with E-state index in [1.807, 2.05) is 4.90 Å². The maximum Gasteiger partial charge on any atom is 0.341 e. The third-order valence-corrected chi connectivity index (χ3v) is 8.39. The molecule has 2 saturated heterocycles. The minimum absolute atomic E-state index is 0.0588. The van der Waals surface area contributed by atoms with Gasteiger partial charge in [0, 0.05) is 68.5 Å². The summed E-state index contributed by atoms with van der Waals surface area (Å²) in [5, 5.41) is 16.8. The Hall–Kier alpha value is -4.62. The maximum atomic E-state index is 15.5. The van der Waals surface area contributed by atoms with Crippen molar-refractivity contribution in [3.8, 4) is 11.1 Å². The second-order valence-electron chi connectivity index (χ2n) is 10.9. The smallest absolute Gasteiger partial charge is 0.341 e. The number of halogens is 2. The van der Waals surface area contributed by atoms with E-state index in [-0.39, 0.29) is 22.4 Å². The number of carbonyl (C=O) groups is 1. The Balaban J connectivity index is 1.50. The summed E-state index contributed by atoms with van der Waals surface area (Å²) in [5.74, 6) is -3.32. The highest BCUT2D eigenvalue weighted by Gasteiger charge is 2.27. The van der Waals surface area contributed by atoms with Crippen LogP contribution in [0.15, 0.2) is 35.5 Å². The number of H-pyrrole nitrogens is 1. The molecule has 2 aliphatic heterocycles. The predicted molar refractivity (Wildman–Crippen MR) is 159 cm³/mol. The number of aromatic nitrogens is 4. The zero-order chi connectivity index (χ0) is 29.8. The van der Waals surface area contributed by atoms with E-state index in [1.54, 1.807) is 30.1 Å². The second kappa shape index (κ2) is 10.6. The summed E-state index contributed by atoms with van der Waals surface area (Å²) in [6, 6.07) is 2.85. The zero-order valence-electron chi connectivity index (χ0n) is 23.3. The summed E-state index contributed by atoms with van der Waals surface area (Å²) in [6.45, 7) is 3.17. The first-order valence-corrected chi connectivity index (χ1v) is 14.2. The lowest BCUT2D eigenvalue weighted by Crippen LogP contribution is -2.36. The standard InChI is InChI=1S/C30H29F2N7O4/c1-33-21-10-20(31)24(32)22-23-26(38-5-7-43-8-6-38)18(12-35-28(23)37-25(21)22)15-9-17-27(40)19(30(41)42)14-39(29(17)36-11-15)13-16-3-2-4-34-16/h9-12,14,16,33-34H,2-8,13H2,1H3,(H,35,37)(H,41,42). The molecule has 6 heterocycles. The summed E-state index contributed by atoms with van der Waals surface area (Å²) >= 11 is 0. The number of aromatic carboxylic acids is 1. The van der Waals surface area contributed by atoms with Crippen molar-refractivity contribution in [2.24, 2.45) is 0 Å². The molecule has 1 atom stereocenters. The predicted octanol–water partition coefficient (Wildman–Crippen LogP) is 3.70. The maximum absolute atomic E-state index is 15.5. The average Bonchev–Trinajstić information content (AvgIpc) is 3.68. The van der Waals surface area contributed by atoms with E-state index in [0.717, 1.165) is 25.5 Å². The quantitative estimate of drug-likeness (QED) is 0.234. The number of morpholine rings is 1. The lowest BCUT2D eigenvalue weighted by Gasteiger charge is -2.31. The summed E-state index contributed by atoms with van der Waals surface area (Å²) in [7, 11) is 1.63. The van der Waals surface area contributed by atoms with Gasteiger partial charge in [-0.15, -0.1) is 0 Å². The van der Waals surface area contributed by atoms with E-state index in [0.29, 0.717) is 77.5 Å². The number of aromatic amines is 1. The van der Waals surface area contributed by atoms with E-state index >= 15 is 4.39 Å². The Bertz CT molecular complexity index is 1980. The molecule has 4 aromatic heterocycles.